The van der Waals surface area contributed by atoms with Crippen LogP contribution in [0.2, 0.25) is 0 Å². The van der Waals surface area contributed by atoms with Gasteiger partial charge in [0, 0.05) is 12.0 Å². The highest BCUT2D eigenvalue weighted by atomic mass is 35.5. The van der Waals surface area contributed by atoms with Crippen molar-refractivity contribution in [3.63, 3.8) is 0 Å². The number of likely N-dealkylation sites (tertiary alicyclic amines) is 1. The number of likely N-dealkylation sites (N-methyl/N-ethyl adjacent to an activating group) is 1. The van der Waals surface area contributed by atoms with Gasteiger partial charge in [-0.05, 0) is 32.0 Å². The van der Waals surface area contributed by atoms with E-state index in [9.17, 15) is 0 Å². The van der Waals surface area contributed by atoms with E-state index in [0.717, 1.165) is 0 Å². The van der Waals surface area contributed by atoms with Crippen molar-refractivity contribution in [1.82, 2.24) is 4.90 Å². The van der Waals surface area contributed by atoms with Crippen molar-refractivity contribution in [2.45, 2.75) is 31.6 Å². The summed E-state index contributed by atoms with van der Waals surface area (Å²) in [7, 11) is 2.24. The molecule has 0 aromatic heterocycles. The third-order valence-electron chi connectivity index (χ3n) is 3.66. The van der Waals surface area contributed by atoms with Crippen LogP contribution in [-0.4, -0.2) is 25.0 Å². The maximum Gasteiger partial charge on any atom is 0.00922 e. The molecule has 1 saturated heterocycles. The highest BCUT2D eigenvalue weighted by Crippen LogP contribution is 2.37. The Morgan fingerprint density at radius 2 is 1.94 bits per heavy atom. The van der Waals surface area contributed by atoms with Crippen molar-refractivity contribution in [3.05, 3.63) is 35.9 Å². The van der Waals surface area contributed by atoms with Gasteiger partial charge in [-0.1, -0.05) is 43.7 Å². The van der Waals surface area contributed by atoms with Crippen molar-refractivity contribution in [1.29, 1.82) is 0 Å². The summed E-state index contributed by atoms with van der Waals surface area (Å²) in [5.74, 6) is 0. The first kappa shape index (κ1) is 13.5. The summed E-state index contributed by atoms with van der Waals surface area (Å²) in [5, 5.41) is 0. The second-order valence-corrected chi connectivity index (χ2v) is 4.88. The molecule has 1 aliphatic rings. The van der Waals surface area contributed by atoms with Gasteiger partial charge in [-0.15, -0.1) is 12.4 Å². The molecule has 0 amide bonds. The van der Waals surface area contributed by atoms with E-state index in [4.69, 9.17) is 0 Å². The second-order valence-electron chi connectivity index (χ2n) is 4.88. The molecule has 0 radical (unpaired) electrons. The Labute approximate surface area is 105 Å². The van der Waals surface area contributed by atoms with Gasteiger partial charge < -0.3 is 4.90 Å². The number of halogens is 1. The van der Waals surface area contributed by atoms with E-state index >= 15 is 0 Å². The van der Waals surface area contributed by atoms with E-state index in [1.54, 1.807) is 0 Å². The lowest BCUT2D eigenvalue weighted by atomic mass is 9.76. The number of benzene rings is 1. The molecule has 1 unspecified atom stereocenters. The molecule has 90 valence electrons. The van der Waals surface area contributed by atoms with Crippen molar-refractivity contribution in [2.24, 2.45) is 0 Å². The average molecular weight is 240 g/mol. The number of rotatable bonds is 3. The van der Waals surface area contributed by atoms with Crippen LogP contribution in [0.5, 0.6) is 0 Å². The molecule has 1 nitrogen and oxygen atoms in total. The number of hydrogen-bond acceptors (Lipinski definition) is 1. The molecule has 0 aliphatic carbocycles. The standard InChI is InChI=1S/C14H21N.ClH/c1-3-9-14(10-11-15(2)12-14)13-7-5-4-6-8-13;/h4-8H,3,9-12H2,1-2H3;1H. The molecule has 0 N–H and O–H groups in total. The molecule has 1 atom stereocenters. The predicted molar refractivity (Wildman–Crippen MR) is 72.4 cm³/mol. The largest absolute Gasteiger partial charge is 0.305 e. The summed E-state index contributed by atoms with van der Waals surface area (Å²) >= 11 is 0. The van der Waals surface area contributed by atoms with Gasteiger partial charge in [0.05, 0.1) is 0 Å². The SMILES string of the molecule is CCCC1(c2ccccc2)CCN(C)C1.Cl. The van der Waals surface area contributed by atoms with E-state index in [2.05, 4.69) is 49.2 Å². The fourth-order valence-electron chi connectivity index (χ4n) is 2.93. The minimum absolute atomic E-state index is 0. The fourth-order valence-corrected chi connectivity index (χ4v) is 2.93. The summed E-state index contributed by atoms with van der Waals surface area (Å²) in [6, 6.07) is 11.1. The lowest BCUT2D eigenvalue weighted by Crippen LogP contribution is -2.29. The highest BCUT2D eigenvalue weighted by molar-refractivity contribution is 5.85. The van der Waals surface area contributed by atoms with Gasteiger partial charge in [-0.3, -0.25) is 0 Å². The van der Waals surface area contributed by atoms with Gasteiger partial charge >= 0.3 is 0 Å². The Kier molecular flexibility index (Phi) is 4.82. The van der Waals surface area contributed by atoms with Crippen LogP contribution in [0.3, 0.4) is 0 Å². The lowest BCUT2D eigenvalue weighted by Gasteiger charge is -2.29. The summed E-state index contributed by atoms with van der Waals surface area (Å²) in [4.78, 5) is 2.46. The van der Waals surface area contributed by atoms with E-state index in [1.807, 2.05) is 0 Å². The molecule has 1 fully saturated rings. The maximum atomic E-state index is 2.46. The van der Waals surface area contributed by atoms with Gasteiger partial charge in [-0.2, -0.15) is 0 Å². The van der Waals surface area contributed by atoms with Crippen LogP contribution in [0, 0.1) is 0 Å². The lowest BCUT2D eigenvalue weighted by molar-refractivity contribution is 0.351. The zero-order chi connectivity index (χ0) is 10.7. The molecule has 1 aliphatic heterocycles. The Balaban J connectivity index is 0.00000128. The fraction of sp³-hybridized carbons (Fsp3) is 0.571. The van der Waals surface area contributed by atoms with Crippen LogP contribution in [0.15, 0.2) is 30.3 Å². The summed E-state index contributed by atoms with van der Waals surface area (Å²) < 4.78 is 0. The molecule has 1 aromatic carbocycles. The third kappa shape index (κ3) is 2.58. The van der Waals surface area contributed by atoms with E-state index in [1.165, 1.54) is 37.9 Å². The van der Waals surface area contributed by atoms with Crippen molar-refractivity contribution in [3.8, 4) is 0 Å². The summed E-state index contributed by atoms with van der Waals surface area (Å²) in [5.41, 5.74) is 1.97. The van der Waals surface area contributed by atoms with E-state index in [-0.39, 0.29) is 12.4 Å². The third-order valence-corrected chi connectivity index (χ3v) is 3.66. The van der Waals surface area contributed by atoms with Crippen molar-refractivity contribution in [2.75, 3.05) is 20.1 Å². The molecule has 1 heterocycles. The molecule has 0 saturated carbocycles. The van der Waals surface area contributed by atoms with E-state index in [0.29, 0.717) is 5.41 Å². The molecule has 0 spiro atoms. The quantitative estimate of drug-likeness (QED) is 0.781. The van der Waals surface area contributed by atoms with Gasteiger partial charge in [0.1, 0.15) is 0 Å². The van der Waals surface area contributed by atoms with E-state index < -0.39 is 0 Å². The molecular formula is C14H22ClN. The highest BCUT2D eigenvalue weighted by Gasteiger charge is 2.36. The molecule has 2 rings (SSSR count). The average Bonchev–Trinajstić information content (AvgIpc) is 2.63. The maximum absolute atomic E-state index is 2.46. The first-order valence-electron chi connectivity index (χ1n) is 6.01. The summed E-state index contributed by atoms with van der Waals surface area (Å²) in [6.45, 7) is 4.77. The topological polar surface area (TPSA) is 3.24 Å². The Morgan fingerprint density at radius 1 is 1.25 bits per heavy atom. The molecule has 1 aromatic rings. The Morgan fingerprint density at radius 3 is 2.44 bits per heavy atom. The minimum Gasteiger partial charge on any atom is -0.305 e. The van der Waals surface area contributed by atoms with Gasteiger partial charge in [0.15, 0.2) is 0 Å². The van der Waals surface area contributed by atoms with Crippen LogP contribution in [0.25, 0.3) is 0 Å². The normalized spacial score (nSPS) is 25.4. The van der Waals surface area contributed by atoms with Gasteiger partial charge in [0.2, 0.25) is 0 Å². The van der Waals surface area contributed by atoms with Gasteiger partial charge in [0.25, 0.3) is 0 Å². The first-order valence-corrected chi connectivity index (χ1v) is 6.01. The zero-order valence-corrected chi connectivity index (χ0v) is 11.1. The molecule has 2 heteroatoms. The summed E-state index contributed by atoms with van der Waals surface area (Å²) in [6.07, 6.45) is 3.92. The minimum atomic E-state index is 0. The number of hydrogen-bond donors (Lipinski definition) is 0. The van der Waals surface area contributed by atoms with Crippen LogP contribution in [-0.2, 0) is 5.41 Å². The molecule has 16 heavy (non-hydrogen) atoms. The van der Waals surface area contributed by atoms with Crippen LogP contribution >= 0.6 is 12.4 Å². The van der Waals surface area contributed by atoms with Gasteiger partial charge in [-0.25, -0.2) is 0 Å². The second kappa shape index (κ2) is 5.70. The number of nitrogens with zero attached hydrogens (tertiary/aromatic N) is 1. The van der Waals surface area contributed by atoms with Crippen molar-refractivity contribution < 1.29 is 0 Å². The Hall–Kier alpha value is -0.530. The smallest absolute Gasteiger partial charge is 0.00922 e. The molecular weight excluding hydrogens is 218 g/mol. The molecule has 0 bridgehead atoms. The van der Waals surface area contributed by atoms with Crippen LogP contribution < -0.4 is 0 Å². The van der Waals surface area contributed by atoms with Crippen LogP contribution in [0.4, 0.5) is 0 Å². The Bertz CT molecular complexity index is 308. The van der Waals surface area contributed by atoms with Crippen molar-refractivity contribution >= 4 is 12.4 Å². The monoisotopic (exact) mass is 239 g/mol. The predicted octanol–water partition coefficient (Wildman–Crippen LogP) is 3.48. The van der Waals surface area contributed by atoms with Crippen LogP contribution in [0.1, 0.15) is 31.7 Å². The first-order chi connectivity index (χ1) is 7.27. The zero-order valence-electron chi connectivity index (χ0n) is 10.3.